The lowest BCUT2D eigenvalue weighted by Gasteiger charge is -2.18. The zero-order valence-corrected chi connectivity index (χ0v) is 22.4. The monoisotopic (exact) mass is 541 g/mol. The van der Waals surface area contributed by atoms with E-state index in [0.29, 0.717) is 12.1 Å². The zero-order chi connectivity index (χ0) is 25.5. The molecule has 0 aliphatic rings. The van der Waals surface area contributed by atoms with Crippen LogP contribution in [-0.2, 0) is 10.0 Å². The van der Waals surface area contributed by atoms with Crippen molar-refractivity contribution in [1.82, 2.24) is 19.3 Å². The van der Waals surface area contributed by atoms with E-state index >= 15 is 0 Å². The van der Waals surface area contributed by atoms with Gasteiger partial charge in [0.05, 0.1) is 17.5 Å². The normalized spacial score (nSPS) is 12.3. The molecule has 11 heteroatoms. The molecule has 0 fully saturated rings. The molecule has 0 radical (unpaired) electrons. The summed E-state index contributed by atoms with van der Waals surface area (Å²) in [6, 6.07) is 13.5. The van der Waals surface area contributed by atoms with Crippen LogP contribution in [0, 0.1) is 0 Å². The number of nitrogens with one attached hydrogen (secondary N) is 2. The Kier molecular flexibility index (Phi) is 8.44. The van der Waals surface area contributed by atoms with Crippen molar-refractivity contribution in [3.8, 4) is 22.4 Å². The number of hydrogen-bond acceptors (Lipinski definition) is 8. The average Bonchev–Trinajstić information content (AvgIpc) is 3.57. The van der Waals surface area contributed by atoms with Gasteiger partial charge in [0, 0.05) is 48.3 Å². The summed E-state index contributed by atoms with van der Waals surface area (Å²) in [6.07, 6.45) is 10.1. The highest BCUT2D eigenvalue weighted by atomic mass is 32.2. The Morgan fingerprint density at radius 1 is 1.14 bits per heavy atom. The zero-order valence-electron chi connectivity index (χ0n) is 19.9. The van der Waals surface area contributed by atoms with Crippen molar-refractivity contribution in [3.05, 3.63) is 78.2 Å². The molecule has 0 aliphatic carbocycles. The second-order valence-electron chi connectivity index (χ2n) is 8.18. The lowest BCUT2D eigenvalue weighted by molar-refractivity contribution is 0.0938. The van der Waals surface area contributed by atoms with E-state index in [-0.39, 0.29) is 11.9 Å². The van der Waals surface area contributed by atoms with Gasteiger partial charge < -0.3 is 10.6 Å². The molecule has 0 spiro atoms. The van der Waals surface area contributed by atoms with Gasteiger partial charge in [-0.15, -0.1) is 11.3 Å². The number of carbonyl (C=O) groups is 1. The van der Waals surface area contributed by atoms with Gasteiger partial charge in [0.1, 0.15) is 0 Å². The molecule has 4 rings (SSSR count). The summed E-state index contributed by atoms with van der Waals surface area (Å²) in [6.45, 7) is 0.503. The maximum Gasteiger partial charge on any atom is 0.253 e. The fourth-order valence-electron chi connectivity index (χ4n) is 3.57. The molecule has 188 valence electrons. The Labute approximate surface area is 219 Å². The molecule has 36 heavy (non-hydrogen) atoms. The molecule has 3 aromatic heterocycles. The molecule has 2 N–H and O–H groups in total. The Bertz CT molecular complexity index is 1420. The number of carbonyl (C=O) groups excluding carboxylic acids is 1. The minimum absolute atomic E-state index is 0.145. The summed E-state index contributed by atoms with van der Waals surface area (Å²) < 4.78 is 24.4. The van der Waals surface area contributed by atoms with E-state index in [1.807, 2.05) is 35.9 Å². The molecule has 1 aromatic carbocycles. The van der Waals surface area contributed by atoms with Gasteiger partial charge in [0.15, 0.2) is 5.13 Å². The van der Waals surface area contributed by atoms with Crippen LogP contribution in [0.15, 0.2) is 72.6 Å². The summed E-state index contributed by atoms with van der Waals surface area (Å²) in [5.74, 6) is 0.570. The molecule has 1 atom stereocenters. The molecule has 1 unspecified atom stereocenters. The number of nitrogens with zero attached hydrogens (tertiary/aromatic N) is 3. The van der Waals surface area contributed by atoms with Gasteiger partial charge in [-0.1, -0.05) is 18.2 Å². The summed E-state index contributed by atoms with van der Waals surface area (Å²) >= 11 is 3.22. The van der Waals surface area contributed by atoms with Crippen LogP contribution in [0.3, 0.4) is 0 Å². The number of anilines is 1. The molecule has 0 bridgehead atoms. The highest BCUT2D eigenvalue weighted by Gasteiger charge is 2.17. The van der Waals surface area contributed by atoms with E-state index in [0.717, 1.165) is 49.9 Å². The van der Waals surface area contributed by atoms with Crippen molar-refractivity contribution in [2.45, 2.75) is 12.5 Å². The van der Waals surface area contributed by atoms with Crippen molar-refractivity contribution >= 4 is 44.2 Å². The lowest BCUT2D eigenvalue weighted by Crippen LogP contribution is -2.40. The standard InChI is InChI=1S/C25H27N5O3S3/c1-34-13-9-22(28-24(31)21-8-12-30(16-21)36(2,32)33)15-27-25-29-23(17-35-25)20-5-3-4-19(14-20)18-6-10-26-11-7-18/h3-8,10-12,14,16-17,22H,9,13,15H2,1-2H3,(H,27,29)(H,28,31). The number of aromatic nitrogens is 3. The van der Waals surface area contributed by atoms with Crippen molar-refractivity contribution in [1.29, 1.82) is 0 Å². The fraction of sp³-hybridized carbons (Fsp3) is 0.240. The number of thiazole rings is 1. The quantitative estimate of drug-likeness (QED) is 0.289. The summed E-state index contributed by atoms with van der Waals surface area (Å²) in [5, 5.41) is 9.15. The Morgan fingerprint density at radius 2 is 1.92 bits per heavy atom. The third-order valence-corrected chi connectivity index (χ3v) is 7.93. The van der Waals surface area contributed by atoms with E-state index in [1.165, 1.54) is 29.8 Å². The third kappa shape index (κ3) is 6.74. The Morgan fingerprint density at radius 3 is 2.64 bits per heavy atom. The number of pyridine rings is 1. The van der Waals surface area contributed by atoms with Crippen LogP contribution in [0.1, 0.15) is 16.8 Å². The van der Waals surface area contributed by atoms with Crippen LogP contribution in [0.25, 0.3) is 22.4 Å². The van der Waals surface area contributed by atoms with Gasteiger partial charge in [-0.25, -0.2) is 13.4 Å². The number of hydrogen-bond donors (Lipinski definition) is 2. The van der Waals surface area contributed by atoms with Crippen molar-refractivity contribution in [2.24, 2.45) is 0 Å². The SMILES string of the molecule is CSCCC(CNc1nc(-c2cccc(-c3ccncc3)c2)cs1)NC(=O)c1ccn(S(C)(=O)=O)c1. The summed E-state index contributed by atoms with van der Waals surface area (Å²) in [7, 11) is -3.43. The predicted molar refractivity (Wildman–Crippen MR) is 148 cm³/mol. The first-order valence-corrected chi connectivity index (χ1v) is 15.3. The van der Waals surface area contributed by atoms with E-state index in [2.05, 4.69) is 27.8 Å². The van der Waals surface area contributed by atoms with Gasteiger partial charge in [-0.05, 0) is 53.8 Å². The van der Waals surface area contributed by atoms with Crippen LogP contribution < -0.4 is 10.6 Å². The second-order valence-corrected chi connectivity index (χ2v) is 11.9. The summed E-state index contributed by atoms with van der Waals surface area (Å²) in [5.41, 5.74) is 4.41. The van der Waals surface area contributed by atoms with E-state index < -0.39 is 10.0 Å². The van der Waals surface area contributed by atoms with Crippen LogP contribution in [0.5, 0.6) is 0 Å². The van der Waals surface area contributed by atoms with Crippen molar-refractivity contribution < 1.29 is 13.2 Å². The van der Waals surface area contributed by atoms with Crippen LogP contribution in [0.2, 0.25) is 0 Å². The van der Waals surface area contributed by atoms with Crippen LogP contribution in [0.4, 0.5) is 5.13 Å². The topological polar surface area (TPSA) is 106 Å². The molecular formula is C25H27N5O3S3. The van der Waals surface area contributed by atoms with Gasteiger partial charge in [-0.3, -0.25) is 13.8 Å². The van der Waals surface area contributed by atoms with E-state index in [1.54, 1.807) is 24.2 Å². The van der Waals surface area contributed by atoms with Gasteiger partial charge >= 0.3 is 0 Å². The molecule has 8 nitrogen and oxygen atoms in total. The molecule has 1 amide bonds. The minimum atomic E-state index is -3.43. The van der Waals surface area contributed by atoms with Gasteiger partial charge in [0.25, 0.3) is 5.91 Å². The third-order valence-electron chi connectivity index (χ3n) is 5.49. The Balaban J connectivity index is 1.41. The maximum absolute atomic E-state index is 12.7. The largest absolute Gasteiger partial charge is 0.359 e. The first kappa shape index (κ1) is 25.9. The average molecular weight is 542 g/mol. The minimum Gasteiger partial charge on any atom is -0.359 e. The predicted octanol–water partition coefficient (Wildman–Crippen LogP) is 4.44. The smallest absolute Gasteiger partial charge is 0.253 e. The molecule has 0 aliphatic heterocycles. The second kappa shape index (κ2) is 11.7. The number of benzene rings is 1. The lowest BCUT2D eigenvalue weighted by atomic mass is 10.0. The number of thioether (sulfide) groups is 1. The Hall–Kier alpha value is -3.15. The highest BCUT2D eigenvalue weighted by molar-refractivity contribution is 7.98. The van der Waals surface area contributed by atoms with Gasteiger partial charge in [-0.2, -0.15) is 11.8 Å². The molecule has 3 heterocycles. The van der Waals surface area contributed by atoms with E-state index in [9.17, 15) is 13.2 Å². The molecule has 0 saturated heterocycles. The number of amides is 1. The molecule has 0 saturated carbocycles. The molecule has 4 aromatic rings. The van der Waals surface area contributed by atoms with Crippen molar-refractivity contribution in [3.63, 3.8) is 0 Å². The van der Waals surface area contributed by atoms with Crippen LogP contribution >= 0.6 is 23.1 Å². The first-order valence-electron chi connectivity index (χ1n) is 11.2. The fourth-order valence-corrected chi connectivity index (χ4v) is 5.41. The number of rotatable bonds is 11. The maximum atomic E-state index is 12.7. The highest BCUT2D eigenvalue weighted by Crippen LogP contribution is 2.28. The van der Waals surface area contributed by atoms with E-state index in [4.69, 9.17) is 4.98 Å². The van der Waals surface area contributed by atoms with Crippen molar-refractivity contribution in [2.75, 3.05) is 30.1 Å². The molecular weight excluding hydrogens is 515 g/mol. The van der Waals surface area contributed by atoms with Crippen LogP contribution in [-0.4, -0.2) is 59.1 Å². The first-order chi connectivity index (χ1) is 17.3. The summed E-state index contributed by atoms with van der Waals surface area (Å²) in [4.78, 5) is 21.6. The van der Waals surface area contributed by atoms with Gasteiger partial charge in [0.2, 0.25) is 10.0 Å².